The molecule has 0 bridgehead atoms. The number of esters is 1. The molecular weight excluding hydrogens is 316 g/mol. The normalized spacial score (nSPS) is 22.1. The third kappa shape index (κ3) is 5.58. The van der Waals surface area contributed by atoms with Gasteiger partial charge in [0.25, 0.3) is 0 Å². The molecule has 2 heterocycles. The number of carbonyl (C=O) groups excluding carboxylic acids is 2. The molecule has 0 N–H and O–H groups in total. The van der Waals surface area contributed by atoms with Crippen LogP contribution in [0.2, 0.25) is 0 Å². The van der Waals surface area contributed by atoms with Crippen molar-refractivity contribution in [2.75, 3.05) is 26.3 Å². The van der Waals surface area contributed by atoms with E-state index < -0.39 is 5.60 Å². The number of amides is 1. The molecule has 8 heteroatoms. The van der Waals surface area contributed by atoms with Crippen molar-refractivity contribution in [3.63, 3.8) is 0 Å². The second-order valence-corrected chi connectivity index (χ2v) is 7.01. The minimum absolute atomic E-state index is 0.0869. The Kier molecular flexibility index (Phi) is 5.90. The van der Waals surface area contributed by atoms with Gasteiger partial charge in [-0.1, -0.05) is 5.16 Å². The van der Waals surface area contributed by atoms with Crippen LogP contribution >= 0.6 is 0 Å². The Balaban J connectivity index is 1.80. The van der Waals surface area contributed by atoms with Gasteiger partial charge in [0.1, 0.15) is 12.2 Å². The summed E-state index contributed by atoms with van der Waals surface area (Å²) >= 11 is 0. The van der Waals surface area contributed by atoms with E-state index >= 15 is 0 Å². The van der Waals surface area contributed by atoms with E-state index in [4.69, 9.17) is 19.0 Å². The predicted molar refractivity (Wildman–Crippen MR) is 85.4 cm³/mol. The van der Waals surface area contributed by atoms with Crippen molar-refractivity contribution in [1.82, 2.24) is 4.90 Å². The summed E-state index contributed by atoms with van der Waals surface area (Å²) in [6, 6.07) is 0. The molecule has 1 unspecified atom stereocenters. The zero-order chi connectivity index (χ0) is 17.7. The third-order valence-electron chi connectivity index (χ3n) is 3.67. The summed E-state index contributed by atoms with van der Waals surface area (Å²) in [5.41, 5.74) is -0.498. The van der Waals surface area contributed by atoms with Crippen LogP contribution in [0.25, 0.3) is 0 Å². The minimum atomic E-state index is -0.498. The Bertz CT molecular complexity index is 491. The lowest BCUT2D eigenvalue weighted by Crippen LogP contribution is -2.44. The molecule has 0 aromatic carbocycles. The minimum Gasteiger partial charge on any atom is -0.468 e. The molecule has 0 aliphatic carbocycles. The number of carbonyl (C=O) groups is 2. The van der Waals surface area contributed by atoms with Crippen LogP contribution in [0.15, 0.2) is 5.16 Å². The van der Waals surface area contributed by atoms with Gasteiger partial charge in [0.15, 0.2) is 12.7 Å². The predicted octanol–water partition coefficient (Wildman–Crippen LogP) is 1.93. The summed E-state index contributed by atoms with van der Waals surface area (Å²) in [4.78, 5) is 29.8. The number of ether oxygens (including phenoxy) is 3. The Hall–Kier alpha value is -1.99. The Labute approximate surface area is 142 Å². The molecule has 136 valence electrons. The molecule has 0 saturated carbocycles. The van der Waals surface area contributed by atoms with Crippen molar-refractivity contribution < 1.29 is 28.6 Å². The summed E-state index contributed by atoms with van der Waals surface area (Å²) in [6.45, 7) is 8.46. The Morgan fingerprint density at radius 1 is 1.29 bits per heavy atom. The number of nitrogens with zero attached hydrogens (tertiary/aromatic N) is 2. The summed E-state index contributed by atoms with van der Waals surface area (Å²) < 4.78 is 16.1. The van der Waals surface area contributed by atoms with Gasteiger partial charge in [-0.05, 0) is 33.6 Å². The summed E-state index contributed by atoms with van der Waals surface area (Å²) in [6.07, 6.45) is 0.811. The Morgan fingerprint density at radius 3 is 2.54 bits per heavy atom. The Morgan fingerprint density at radius 2 is 1.96 bits per heavy atom. The molecule has 1 amide bonds. The van der Waals surface area contributed by atoms with Crippen LogP contribution in [-0.4, -0.2) is 60.9 Å². The molecule has 2 aliphatic rings. The molecular formula is C16H26N2O6. The highest BCUT2D eigenvalue weighted by Crippen LogP contribution is 2.23. The van der Waals surface area contributed by atoms with Crippen molar-refractivity contribution in [3.05, 3.63) is 0 Å². The molecule has 0 aromatic heterocycles. The maximum Gasteiger partial charge on any atom is 0.410 e. The van der Waals surface area contributed by atoms with Gasteiger partial charge >= 0.3 is 12.1 Å². The van der Waals surface area contributed by atoms with Crippen LogP contribution in [-0.2, 0) is 23.8 Å². The molecule has 1 fully saturated rings. The lowest BCUT2D eigenvalue weighted by molar-refractivity contribution is -0.145. The van der Waals surface area contributed by atoms with Crippen LogP contribution in [0.4, 0.5) is 4.79 Å². The van der Waals surface area contributed by atoms with E-state index in [1.807, 2.05) is 20.8 Å². The molecule has 0 radical (unpaired) electrons. The maximum absolute atomic E-state index is 12.1. The quantitative estimate of drug-likeness (QED) is 0.728. The zero-order valence-electron chi connectivity index (χ0n) is 14.7. The first-order chi connectivity index (χ1) is 11.2. The molecule has 1 saturated heterocycles. The fraction of sp³-hybridized carbons (Fsp3) is 0.812. The highest BCUT2D eigenvalue weighted by atomic mass is 16.7. The summed E-state index contributed by atoms with van der Waals surface area (Å²) in [5, 5.41) is 3.98. The molecule has 8 nitrogen and oxygen atoms in total. The van der Waals surface area contributed by atoms with Gasteiger partial charge in [-0.3, -0.25) is 4.79 Å². The monoisotopic (exact) mass is 342 g/mol. The number of hydrogen-bond donors (Lipinski definition) is 0. The molecule has 24 heavy (non-hydrogen) atoms. The number of likely N-dealkylation sites (tertiary alicyclic amines) is 1. The van der Waals surface area contributed by atoms with Gasteiger partial charge in [-0.15, -0.1) is 0 Å². The first kappa shape index (κ1) is 18.4. The molecule has 1 atom stereocenters. The van der Waals surface area contributed by atoms with E-state index in [-0.39, 0.29) is 37.3 Å². The highest BCUT2D eigenvalue weighted by molar-refractivity contribution is 5.79. The average Bonchev–Trinajstić information content (AvgIpc) is 2.52. The summed E-state index contributed by atoms with van der Waals surface area (Å²) in [7, 11) is 0. The van der Waals surface area contributed by atoms with Crippen molar-refractivity contribution in [1.29, 1.82) is 0 Å². The van der Waals surface area contributed by atoms with E-state index in [0.717, 1.165) is 12.8 Å². The number of piperidine rings is 1. The van der Waals surface area contributed by atoms with Crippen LogP contribution in [0, 0.1) is 5.92 Å². The number of oxime groups is 1. The average molecular weight is 342 g/mol. The topological polar surface area (TPSA) is 86.7 Å². The number of rotatable bonds is 3. The fourth-order valence-corrected chi connectivity index (χ4v) is 2.51. The van der Waals surface area contributed by atoms with Crippen LogP contribution in [0.3, 0.4) is 0 Å². The number of hydrogen-bond acceptors (Lipinski definition) is 7. The van der Waals surface area contributed by atoms with Gasteiger partial charge in [-0.25, -0.2) is 4.79 Å². The first-order valence-corrected chi connectivity index (χ1v) is 8.22. The maximum atomic E-state index is 12.1. The van der Waals surface area contributed by atoms with Crippen molar-refractivity contribution in [2.45, 2.75) is 52.2 Å². The van der Waals surface area contributed by atoms with Crippen LogP contribution in [0.1, 0.15) is 40.5 Å². The van der Waals surface area contributed by atoms with E-state index in [1.54, 1.807) is 4.90 Å². The van der Waals surface area contributed by atoms with Crippen molar-refractivity contribution in [2.24, 2.45) is 11.1 Å². The van der Waals surface area contributed by atoms with Crippen LogP contribution < -0.4 is 0 Å². The highest BCUT2D eigenvalue weighted by Gasteiger charge is 2.32. The molecule has 2 aliphatic heterocycles. The molecule has 0 spiro atoms. The van der Waals surface area contributed by atoms with E-state index in [2.05, 4.69) is 5.16 Å². The standard InChI is InChI=1S/C16H26N2O6/c1-11(19)21-9-13-10-22-17-14(23-13)12-5-7-18(8-6-12)15(20)24-16(2,3)4/h12-13H,5-10H2,1-4H3. The van der Waals surface area contributed by atoms with E-state index in [9.17, 15) is 9.59 Å². The first-order valence-electron chi connectivity index (χ1n) is 8.22. The second kappa shape index (κ2) is 7.72. The molecule has 0 aromatic rings. The van der Waals surface area contributed by atoms with Crippen molar-refractivity contribution >= 4 is 18.0 Å². The SMILES string of the molecule is CC(=O)OCC1CON=C(C2CCN(C(=O)OC(C)(C)C)CC2)O1. The van der Waals surface area contributed by atoms with E-state index in [1.165, 1.54) is 6.92 Å². The largest absolute Gasteiger partial charge is 0.468 e. The van der Waals surface area contributed by atoms with Gasteiger partial charge in [0.05, 0.1) is 0 Å². The lowest BCUT2D eigenvalue weighted by Gasteiger charge is -2.34. The second-order valence-electron chi connectivity index (χ2n) is 7.01. The van der Waals surface area contributed by atoms with Gasteiger partial charge in [-0.2, -0.15) is 0 Å². The fourth-order valence-electron chi connectivity index (χ4n) is 2.51. The van der Waals surface area contributed by atoms with Crippen molar-refractivity contribution in [3.8, 4) is 0 Å². The van der Waals surface area contributed by atoms with Crippen LogP contribution in [0.5, 0.6) is 0 Å². The van der Waals surface area contributed by atoms with Gasteiger partial charge < -0.3 is 23.9 Å². The van der Waals surface area contributed by atoms with Gasteiger partial charge in [0.2, 0.25) is 5.90 Å². The molecule has 2 rings (SSSR count). The zero-order valence-corrected chi connectivity index (χ0v) is 14.7. The third-order valence-corrected chi connectivity index (χ3v) is 3.67. The summed E-state index contributed by atoms with van der Waals surface area (Å²) in [5.74, 6) is 0.249. The van der Waals surface area contributed by atoms with Gasteiger partial charge in [0, 0.05) is 25.9 Å². The van der Waals surface area contributed by atoms with E-state index in [0.29, 0.717) is 19.0 Å². The lowest BCUT2D eigenvalue weighted by atomic mass is 9.96. The smallest absolute Gasteiger partial charge is 0.410 e.